The minimum atomic E-state index is -0.861. The molecule has 0 aromatic heterocycles. The summed E-state index contributed by atoms with van der Waals surface area (Å²) in [5.41, 5.74) is -0.397. The standard InChI is InChI=1S/C11H6Cl2N2O5/c1-20-7-3-2-5(15(18)19)4-6(7)14-10(16)8(12)9(13)11(14)17/h2-4H,1H3. The van der Waals surface area contributed by atoms with E-state index in [0.29, 0.717) is 4.90 Å². The lowest BCUT2D eigenvalue weighted by Gasteiger charge is -2.17. The number of carbonyl (C=O) groups is 2. The van der Waals surface area contributed by atoms with Gasteiger partial charge in [0.05, 0.1) is 12.0 Å². The molecule has 1 aromatic rings. The Balaban J connectivity index is 2.58. The molecule has 0 bridgehead atoms. The molecular formula is C11H6Cl2N2O5. The number of hydrogen-bond donors (Lipinski definition) is 0. The van der Waals surface area contributed by atoms with Gasteiger partial charge in [-0.3, -0.25) is 19.7 Å². The molecule has 0 spiro atoms. The summed E-state index contributed by atoms with van der Waals surface area (Å²) in [5, 5.41) is 9.89. The highest BCUT2D eigenvalue weighted by molar-refractivity contribution is 6.62. The molecule has 2 amide bonds. The Labute approximate surface area is 122 Å². The van der Waals surface area contributed by atoms with Gasteiger partial charge in [-0.25, -0.2) is 4.90 Å². The van der Waals surface area contributed by atoms with E-state index in [4.69, 9.17) is 27.9 Å². The summed E-state index contributed by atoms with van der Waals surface area (Å²) in [6, 6.07) is 3.49. The summed E-state index contributed by atoms with van der Waals surface area (Å²) >= 11 is 11.2. The van der Waals surface area contributed by atoms with Gasteiger partial charge in [0.1, 0.15) is 21.5 Å². The molecule has 0 saturated heterocycles. The van der Waals surface area contributed by atoms with Gasteiger partial charge in [0, 0.05) is 12.1 Å². The summed E-state index contributed by atoms with van der Waals surface area (Å²) in [5.74, 6) is -1.62. The predicted molar refractivity (Wildman–Crippen MR) is 70.9 cm³/mol. The third-order valence-corrected chi connectivity index (χ3v) is 3.39. The maximum absolute atomic E-state index is 11.9. The lowest BCUT2D eigenvalue weighted by molar-refractivity contribution is -0.384. The Hall–Kier alpha value is -2.12. The van der Waals surface area contributed by atoms with Crippen LogP contribution in [0.15, 0.2) is 28.3 Å². The Morgan fingerprint density at radius 2 is 1.75 bits per heavy atom. The predicted octanol–water partition coefficient (Wildman–Crippen LogP) is 2.17. The zero-order valence-corrected chi connectivity index (χ0v) is 11.4. The van der Waals surface area contributed by atoms with Crippen LogP contribution in [0.25, 0.3) is 0 Å². The number of hydrogen-bond acceptors (Lipinski definition) is 5. The van der Waals surface area contributed by atoms with E-state index in [9.17, 15) is 19.7 Å². The Kier molecular flexibility index (Phi) is 3.65. The fraction of sp³-hybridized carbons (Fsp3) is 0.0909. The average Bonchev–Trinajstić information content (AvgIpc) is 2.62. The molecule has 0 radical (unpaired) electrons. The van der Waals surface area contributed by atoms with E-state index in [0.717, 1.165) is 6.07 Å². The van der Waals surface area contributed by atoms with E-state index in [1.807, 2.05) is 0 Å². The fourth-order valence-corrected chi connectivity index (χ4v) is 1.99. The molecular weight excluding hydrogens is 311 g/mol. The molecule has 104 valence electrons. The van der Waals surface area contributed by atoms with Crippen molar-refractivity contribution in [1.29, 1.82) is 0 Å². The highest BCUT2D eigenvalue weighted by Gasteiger charge is 2.39. The van der Waals surface area contributed by atoms with Crippen molar-refractivity contribution in [2.75, 3.05) is 12.0 Å². The fourth-order valence-electron chi connectivity index (χ4n) is 1.66. The third kappa shape index (κ3) is 2.10. The number of methoxy groups -OCH3 is 1. The molecule has 1 aliphatic heterocycles. The zero-order valence-electron chi connectivity index (χ0n) is 9.92. The van der Waals surface area contributed by atoms with E-state index < -0.39 is 26.8 Å². The first-order valence-corrected chi connectivity index (χ1v) is 5.90. The van der Waals surface area contributed by atoms with Gasteiger partial charge in [-0.15, -0.1) is 0 Å². The number of nitrogens with zero attached hydrogens (tertiary/aromatic N) is 2. The van der Waals surface area contributed by atoms with Crippen molar-refractivity contribution in [2.45, 2.75) is 0 Å². The number of imide groups is 1. The van der Waals surface area contributed by atoms with Crippen LogP contribution in [0.4, 0.5) is 11.4 Å². The number of carbonyl (C=O) groups excluding carboxylic acids is 2. The smallest absolute Gasteiger partial charge is 0.278 e. The van der Waals surface area contributed by atoms with Crippen molar-refractivity contribution in [3.05, 3.63) is 38.4 Å². The summed E-state index contributed by atoms with van der Waals surface area (Å²) in [6.07, 6.45) is 0. The Morgan fingerprint density at radius 1 is 1.20 bits per heavy atom. The second-order valence-electron chi connectivity index (χ2n) is 3.69. The maximum Gasteiger partial charge on any atom is 0.278 e. The normalized spacial score (nSPS) is 15.1. The number of amides is 2. The van der Waals surface area contributed by atoms with Crippen LogP contribution in [0.5, 0.6) is 5.75 Å². The van der Waals surface area contributed by atoms with E-state index in [1.165, 1.54) is 19.2 Å². The van der Waals surface area contributed by atoms with Crippen molar-refractivity contribution in [3.63, 3.8) is 0 Å². The minimum Gasteiger partial charge on any atom is -0.495 e. The van der Waals surface area contributed by atoms with Crippen molar-refractivity contribution in [1.82, 2.24) is 0 Å². The minimum absolute atomic E-state index is 0.0921. The van der Waals surface area contributed by atoms with Crippen LogP contribution < -0.4 is 9.64 Å². The molecule has 0 atom stereocenters. The lowest BCUT2D eigenvalue weighted by Crippen LogP contribution is -2.31. The van der Waals surface area contributed by atoms with Crippen LogP contribution in [0.3, 0.4) is 0 Å². The molecule has 7 nitrogen and oxygen atoms in total. The number of benzene rings is 1. The molecule has 0 fully saturated rings. The van der Waals surface area contributed by atoms with Gasteiger partial charge in [-0.1, -0.05) is 23.2 Å². The first-order valence-electron chi connectivity index (χ1n) is 5.15. The number of ether oxygens (including phenoxy) is 1. The number of rotatable bonds is 3. The molecule has 0 N–H and O–H groups in total. The third-order valence-electron chi connectivity index (χ3n) is 2.59. The molecule has 0 unspecified atom stereocenters. The first kappa shape index (κ1) is 14.3. The van der Waals surface area contributed by atoms with Crippen LogP contribution in [-0.4, -0.2) is 23.8 Å². The van der Waals surface area contributed by atoms with Gasteiger partial charge in [0.25, 0.3) is 17.5 Å². The highest BCUT2D eigenvalue weighted by Crippen LogP contribution is 2.38. The van der Waals surface area contributed by atoms with Gasteiger partial charge >= 0.3 is 0 Å². The maximum atomic E-state index is 11.9. The Morgan fingerprint density at radius 3 is 2.20 bits per heavy atom. The second-order valence-corrected chi connectivity index (χ2v) is 4.44. The van der Waals surface area contributed by atoms with Gasteiger partial charge in [0.2, 0.25) is 0 Å². The van der Waals surface area contributed by atoms with Crippen molar-refractivity contribution >= 4 is 46.4 Å². The van der Waals surface area contributed by atoms with Crippen LogP contribution >= 0.6 is 23.2 Å². The van der Waals surface area contributed by atoms with E-state index in [1.54, 1.807) is 0 Å². The molecule has 0 saturated carbocycles. The van der Waals surface area contributed by atoms with Crippen LogP contribution in [0.1, 0.15) is 0 Å². The van der Waals surface area contributed by atoms with Gasteiger partial charge < -0.3 is 4.74 Å². The molecule has 0 aliphatic carbocycles. The quantitative estimate of drug-likeness (QED) is 0.484. The van der Waals surface area contributed by atoms with Gasteiger partial charge in [-0.2, -0.15) is 0 Å². The topological polar surface area (TPSA) is 89.8 Å². The van der Waals surface area contributed by atoms with Crippen molar-refractivity contribution in [2.24, 2.45) is 0 Å². The number of nitro benzene ring substituents is 1. The van der Waals surface area contributed by atoms with Crippen LogP contribution in [0, 0.1) is 10.1 Å². The monoisotopic (exact) mass is 316 g/mol. The second kappa shape index (κ2) is 5.10. The summed E-state index contributed by atoms with van der Waals surface area (Å²) in [7, 11) is 1.30. The SMILES string of the molecule is COc1ccc([N+](=O)[O-])cc1N1C(=O)C(Cl)=C(Cl)C1=O. The molecule has 1 aliphatic rings. The molecule has 20 heavy (non-hydrogen) atoms. The number of halogens is 2. The van der Waals surface area contributed by atoms with Crippen LogP contribution in [0.2, 0.25) is 0 Å². The van der Waals surface area contributed by atoms with Crippen molar-refractivity contribution < 1.29 is 19.2 Å². The number of non-ortho nitro benzene ring substituents is 1. The van der Waals surface area contributed by atoms with Gasteiger partial charge in [0.15, 0.2) is 0 Å². The first-order chi connectivity index (χ1) is 9.38. The zero-order chi connectivity index (χ0) is 15.0. The summed E-state index contributed by atoms with van der Waals surface area (Å²) in [4.78, 5) is 34.5. The molecule has 1 heterocycles. The lowest BCUT2D eigenvalue weighted by atomic mass is 10.2. The summed E-state index contributed by atoms with van der Waals surface area (Å²) < 4.78 is 4.99. The van der Waals surface area contributed by atoms with Crippen molar-refractivity contribution in [3.8, 4) is 5.75 Å². The molecule has 1 aromatic carbocycles. The average molecular weight is 317 g/mol. The van der Waals surface area contributed by atoms with E-state index >= 15 is 0 Å². The summed E-state index contributed by atoms with van der Waals surface area (Å²) in [6.45, 7) is 0. The highest BCUT2D eigenvalue weighted by atomic mass is 35.5. The van der Waals surface area contributed by atoms with E-state index in [2.05, 4.69) is 0 Å². The number of anilines is 1. The number of nitro groups is 1. The molecule has 2 rings (SSSR count). The van der Waals surface area contributed by atoms with Crippen LogP contribution in [-0.2, 0) is 9.59 Å². The Bertz CT molecular complexity index is 647. The molecule has 9 heteroatoms. The van der Waals surface area contributed by atoms with Gasteiger partial charge in [-0.05, 0) is 6.07 Å². The van der Waals surface area contributed by atoms with E-state index in [-0.39, 0.29) is 17.1 Å². The largest absolute Gasteiger partial charge is 0.495 e.